The van der Waals surface area contributed by atoms with E-state index in [2.05, 4.69) is 15.2 Å². The minimum absolute atomic E-state index is 0.00846. The zero-order valence-electron chi connectivity index (χ0n) is 16.1. The molecule has 1 saturated carbocycles. The SMILES string of the molecule is O=C(CCN1C(=O)NC2(CCCCC2)C1=O)N1CCN(c2ccccn2)CC1. The van der Waals surface area contributed by atoms with Gasteiger partial charge >= 0.3 is 6.03 Å². The Bertz CT molecular complexity index is 739. The van der Waals surface area contributed by atoms with Crippen LogP contribution in [0.25, 0.3) is 0 Å². The largest absolute Gasteiger partial charge is 0.353 e. The first-order valence-electron chi connectivity index (χ1n) is 10.2. The third-order valence-electron chi connectivity index (χ3n) is 6.11. The van der Waals surface area contributed by atoms with E-state index < -0.39 is 5.54 Å². The molecule has 2 aliphatic heterocycles. The van der Waals surface area contributed by atoms with Gasteiger partial charge in [-0.15, -0.1) is 0 Å². The summed E-state index contributed by atoms with van der Waals surface area (Å²) in [6.45, 7) is 2.87. The van der Waals surface area contributed by atoms with Crippen molar-refractivity contribution in [2.45, 2.75) is 44.1 Å². The van der Waals surface area contributed by atoms with Crippen LogP contribution in [-0.2, 0) is 9.59 Å². The number of piperazine rings is 1. The van der Waals surface area contributed by atoms with Crippen LogP contribution in [0.3, 0.4) is 0 Å². The molecule has 4 amide bonds. The van der Waals surface area contributed by atoms with E-state index in [0.29, 0.717) is 25.9 Å². The monoisotopic (exact) mass is 385 g/mol. The van der Waals surface area contributed by atoms with E-state index in [1.54, 1.807) is 6.20 Å². The van der Waals surface area contributed by atoms with Crippen LogP contribution in [-0.4, -0.2) is 70.9 Å². The molecular weight excluding hydrogens is 358 g/mol. The van der Waals surface area contributed by atoms with E-state index in [0.717, 1.165) is 38.2 Å². The highest BCUT2D eigenvalue weighted by Crippen LogP contribution is 2.33. The molecule has 2 saturated heterocycles. The van der Waals surface area contributed by atoms with Crippen molar-refractivity contribution in [1.82, 2.24) is 20.1 Å². The maximum Gasteiger partial charge on any atom is 0.325 e. The Hall–Kier alpha value is -2.64. The van der Waals surface area contributed by atoms with Crippen LogP contribution in [0.2, 0.25) is 0 Å². The number of carbonyl (C=O) groups excluding carboxylic acids is 3. The molecule has 4 rings (SSSR count). The number of amides is 4. The number of hydrogen-bond acceptors (Lipinski definition) is 5. The first-order valence-corrected chi connectivity index (χ1v) is 10.2. The van der Waals surface area contributed by atoms with Gasteiger partial charge < -0.3 is 15.1 Å². The van der Waals surface area contributed by atoms with Crippen molar-refractivity contribution in [1.29, 1.82) is 0 Å². The van der Waals surface area contributed by atoms with Crippen molar-refractivity contribution in [2.75, 3.05) is 37.6 Å². The Kier molecular flexibility index (Phi) is 5.19. The quantitative estimate of drug-likeness (QED) is 0.792. The summed E-state index contributed by atoms with van der Waals surface area (Å²) in [6.07, 6.45) is 6.38. The Balaban J connectivity index is 1.28. The van der Waals surface area contributed by atoms with Gasteiger partial charge in [0.25, 0.3) is 5.91 Å². The fraction of sp³-hybridized carbons (Fsp3) is 0.600. The minimum atomic E-state index is -0.716. The number of pyridine rings is 1. The molecule has 0 aromatic carbocycles. The molecule has 1 aliphatic carbocycles. The first-order chi connectivity index (χ1) is 13.6. The van der Waals surface area contributed by atoms with Gasteiger partial charge in [-0.25, -0.2) is 9.78 Å². The number of carbonyl (C=O) groups is 3. The molecule has 3 heterocycles. The summed E-state index contributed by atoms with van der Waals surface area (Å²) in [5, 5.41) is 2.90. The molecule has 3 aliphatic rings. The summed E-state index contributed by atoms with van der Waals surface area (Å²) in [7, 11) is 0. The van der Waals surface area contributed by atoms with Crippen LogP contribution in [0.5, 0.6) is 0 Å². The van der Waals surface area contributed by atoms with E-state index >= 15 is 0 Å². The maximum absolute atomic E-state index is 12.8. The lowest BCUT2D eigenvalue weighted by molar-refractivity contribution is -0.134. The Morgan fingerprint density at radius 3 is 2.50 bits per heavy atom. The molecular formula is C20H27N5O3. The molecule has 150 valence electrons. The first kappa shape index (κ1) is 18.7. The molecule has 0 bridgehead atoms. The molecule has 8 heteroatoms. The predicted octanol–water partition coefficient (Wildman–Crippen LogP) is 1.37. The van der Waals surface area contributed by atoms with Gasteiger partial charge in [0.05, 0.1) is 0 Å². The highest BCUT2D eigenvalue weighted by atomic mass is 16.2. The van der Waals surface area contributed by atoms with Gasteiger partial charge in [0, 0.05) is 45.3 Å². The standard InChI is InChI=1S/C20H27N5O3/c26-17(24-14-12-23(13-15-24)16-6-2-5-10-21-16)7-11-25-18(27)20(22-19(25)28)8-3-1-4-9-20/h2,5-6,10H,1,3-4,7-9,11-15H2,(H,22,28). The summed E-state index contributed by atoms with van der Waals surface area (Å²) in [6, 6.07) is 5.46. The van der Waals surface area contributed by atoms with E-state index in [1.165, 1.54) is 4.90 Å². The Morgan fingerprint density at radius 2 is 1.82 bits per heavy atom. The zero-order chi connectivity index (χ0) is 19.6. The summed E-state index contributed by atoms with van der Waals surface area (Å²) in [4.78, 5) is 47.3. The second-order valence-electron chi connectivity index (χ2n) is 7.84. The third kappa shape index (κ3) is 3.55. The van der Waals surface area contributed by atoms with Crippen LogP contribution in [0, 0.1) is 0 Å². The van der Waals surface area contributed by atoms with Gasteiger partial charge in [0.1, 0.15) is 11.4 Å². The molecule has 1 N–H and O–H groups in total. The summed E-state index contributed by atoms with van der Waals surface area (Å²) in [5.41, 5.74) is -0.716. The second-order valence-corrected chi connectivity index (χ2v) is 7.84. The van der Waals surface area contributed by atoms with Crippen LogP contribution in [0.15, 0.2) is 24.4 Å². The molecule has 0 radical (unpaired) electrons. The number of urea groups is 1. The summed E-state index contributed by atoms with van der Waals surface area (Å²) < 4.78 is 0. The highest BCUT2D eigenvalue weighted by molar-refractivity contribution is 6.07. The van der Waals surface area contributed by atoms with Gasteiger partial charge in [-0.3, -0.25) is 14.5 Å². The molecule has 1 aromatic rings. The normalized spacial score (nSPS) is 21.9. The van der Waals surface area contributed by atoms with Crippen LogP contribution in [0.1, 0.15) is 38.5 Å². The lowest BCUT2D eigenvalue weighted by Crippen LogP contribution is -2.50. The number of hydrogen-bond donors (Lipinski definition) is 1. The number of rotatable bonds is 4. The van der Waals surface area contributed by atoms with Crippen LogP contribution in [0.4, 0.5) is 10.6 Å². The number of nitrogens with zero attached hydrogens (tertiary/aromatic N) is 4. The number of anilines is 1. The third-order valence-corrected chi connectivity index (χ3v) is 6.11. The lowest BCUT2D eigenvalue weighted by atomic mass is 9.82. The minimum Gasteiger partial charge on any atom is -0.353 e. The van der Waals surface area contributed by atoms with Crippen molar-refractivity contribution >= 4 is 23.7 Å². The number of imide groups is 1. The van der Waals surface area contributed by atoms with Gasteiger partial charge in [0.15, 0.2) is 0 Å². The molecule has 1 aromatic heterocycles. The lowest BCUT2D eigenvalue weighted by Gasteiger charge is -2.35. The van der Waals surface area contributed by atoms with Crippen molar-refractivity contribution in [3.05, 3.63) is 24.4 Å². The van der Waals surface area contributed by atoms with E-state index in [1.807, 2.05) is 23.1 Å². The van der Waals surface area contributed by atoms with Crippen LogP contribution < -0.4 is 10.2 Å². The predicted molar refractivity (Wildman–Crippen MR) is 104 cm³/mol. The van der Waals surface area contributed by atoms with E-state index in [4.69, 9.17) is 0 Å². The Morgan fingerprint density at radius 1 is 1.07 bits per heavy atom. The van der Waals surface area contributed by atoms with Crippen molar-refractivity contribution in [3.63, 3.8) is 0 Å². The second kappa shape index (κ2) is 7.77. The Labute approximate surface area is 164 Å². The van der Waals surface area contributed by atoms with Crippen molar-refractivity contribution < 1.29 is 14.4 Å². The van der Waals surface area contributed by atoms with Gasteiger partial charge in [0.2, 0.25) is 5.91 Å². The smallest absolute Gasteiger partial charge is 0.325 e. The highest BCUT2D eigenvalue weighted by Gasteiger charge is 2.51. The topological polar surface area (TPSA) is 85.8 Å². The molecule has 28 heavy (non-hydrogen) atoms. The fourth-order valence-electron chi connectivity index (χ4n) is 4.46. The maximum atomic E-state index is 12.8. The van der Waals surface area contributed by atoms with E-state index in [9.17, 15) is 14.4 Å². The molecule has 3 fully saturated rings. The van der Waals surface area contributed by atoms with Crippen LogP contribution >= 0.6 is 0 Å². The van der Waals surface area contributed by atoms with Gasteiger partial charge in [-0.1, -0.05) is 25.3 Å². The molecule has 0 unspecified atom stereocenters. The number of nitrogens with one attached hydrogen (secondary N) is 1. The van der Waals surface area contributed by atoms with Crippen molar-refractivity contribution in [3.8, 4) is 0 Å². The summed E-state index contributed by atoms with van der Waals surface area (Å²) in [5.74, 6) is 0.766. The van der Waals surface area contributed by atoms with Gasteiger partial charge in [-0.05, 0) is 25.0 Å². The fourth-order valence-corrected chi connectivity index (χ4v) is 4.46. The van der Waals surface area contributed by atoms with Crippen molar-refractivity contribution in [2.24, 2.45) is 0 Å². The summed E-state index contributed by atoms with van der Waals surface area (Å²) >= 11 is 0. The average molecular weight is 385 g/mol. The van der Waals surface area contributed by atoms with E-state index in [-0.39, 0.29) is 30.8 Å². The molecule has 1 spiro atoms. The number of aromatic nitrogens is 1. The zero-order valence-corrected chi connectivity index (χ0v) is 16.1. The van der Waals surface area contributed by atoms with Gasteiger partial charge in [-0.2, -0.15) is 0 Å². The molecule has 0 atom stereocenters. The average Bonchev–Trinajstić information content (AvgIpc) is 2.96. The molecule has 8 nitrogen and oxygen atoms in total.